The minimum absolute atomic E-state index is 1.17. The zero-order valence-electron chi connectivity index (χ0n) is 22.2. The van der Waals surface area contributed by atoms with Gasteiger partial charge >= 0.3 is 0 Å². The van der Waals surface area contributed by atoms with Gasteiger partial charge in [0.1, 0.15) is 0 Å². The third-order valence-electron chi connectivity index (χ3n) is 6.33. The van der Waals surface area contributed by atoms with Crippen molar-refractivity contribution in [3.63, 3.8) is 0 Å². The van der Waals surface area contributed by atoms with Gasteiger partial charge in [-0.05, 0) is 74.2 Å². The Balaban J connectivity index is 0.000000747. The Morgan fingerprint density at radius 1 is 0.459 bits per heavy atom. The molecule has 1 heterocycles. The van der Waals surface area contributed by atoms with Crippen molar-refractivity contribution in [2.45, 2.75) is 27.7 Å². The summed E-state index contributed by atoms with van der Waals surface area (Å²) in [7, 11) is 0. The highest BCUT2D eigenvalue weighted by molar-refractivity contribution is 5.75. The summed E-state index contributed by atoms with van der Waals surface area (Å²) in [5.41, 5.74) is 10.9. The molecule has 0 unspecified atom stereocenters. The molecule has 0 radical (unpaired) electrons. The highest BCUT2D eigenvalue weighted by atomic mass is 15.0. The molecule has 5 rings (SSSR count). The van der Waals surface area contributed by atoms with E-state index in [1.807, 2.05) is 32.1 Å². The van der Waals surface area contributed by atoms with Crippen LogP contribution in [0.4, 0.5) is 0 Å². The molecule has 0 saturated carbocycles. The van der Waals surface area contributed by atoms with Crippen LogP contribution in [0.2, 0.25) is 0 Å². The van der Waals surface area contributed by atoms with Crippen molar-refractivity contribution in [1.29, 1.82) is 0 Å². The van der Waals surface area contributed by atoms with E-state index in [1.165, 1.54) is 50.5 Å². The summed E-state index contributed by atoms with van der Waals surface area (Å²) in [6, 6.07) is 41.2. The highest BCUT2D eigenvalue weighted by Gasteiger charge is 2.13. The molecule has 1 nitrogen and oxygen atoms in total. The zero-order chi connectivity index (χ0) is 26.0. The second-order valence-corrected chi connectivity index (χ2v) is 9.17. The van der Waals surface area contributed by atoms with Gasteiger partial charge < -0.3 is 4.57 Å². The van der Waals surface area contributed by atoms with Crippen LogP contribution in [0.5, 0.6) is 0 Å². The molecule has 184 valence electrons. The Morgan fingerprint density at radius 2 is 0.892 bits per heavy atom. The summed E-state index contributed by atoms with van der Waals surface area (Å²) >= 11 is 0. The molecule has 1 aromatic heterocycles. The van der Waals surface area contributed by atoms with Crippen LogP contribution in [-0.2, 0) is 0 Å². The van der Waals surface area contributed by atoms with Crippen LogP contribution in [0.1, 0.15) is 36.1 Å². The maximum absolute atomic E-state index is 2.36. The first-order valence-electron chi connectivity index (χ1n) is 12.9. The van der Waals surface area contributed by atoms with Crippen LogP contribution in [0.15, 0.2) is 127 Å². The normalized spacial score (nSPS) is 11.0. The first-order chi connectivity index (χ1) is 18.1. The van der Waals surface area contributed by atoms with Crippen LogP contribution in [0, 0.1) is 13.8 Å². The van der Waals surface area contributed by atoms with E-state index in [0.29, 0.717) is 0 Å². The van der Waals surface area contributed by atoms with Crippen LogP contribution in [0.25, 0.3) is 40.4 Å². The minimum atomic E-state index is 1.17. The van der Waals surface area contributed by atoms with Crippen LogP contribution < -0.4 is 0 Å². The number of hydrogen-bond acceptors (Lipinski definition) is 0. The van der Waals surface area contributed by atoms with E-state index < -0.39 is 0 Å². The van der Waals surface area contributed by atoms with Crippen molar-refractivity contribution >= 4 is 12.2 Å². The number of aryl methyl sites for hydroxylation is 2. The molecular formula is C36H35N. The van der Waals surface area contributed by atoms with Gasteiger partial charge in [-0.25, -0.2) is 0 Å². The lowest BCUT2D eigenvalue weighted by Gasteiger charge is -2.15. The van der Waals surface area contributed by atoms with Gasteiger partial charge in [0.15, 0.2) is 0 Å². The fourth-order valence-electron chi connectivity index (χ4n) is 4.11. The average molecular weight is 482 g/mol. The molecular weight excluding hydrogens is 446 g/mol. The molecule has 0 spiro atoms. The molecule has 0 bridgehead atoms. The Hall–Kier alpha value is -4.36. The van der Waals surface area contributed by atoms with E-state index in [2.05, 4.69) is 140 Å². The van der Waals surface area contributed by atoms with Crippen molar-refractivity contribution in [2.75, 3.05) is 0 Å². The number of allylic oxidation sites excluding steroid dienone is 2. The summed E-state index contributed by atoms with van der Waals surface area (Å²) < 4.78 is 2.36. The van der Waals surface area contributed by atoms with Crippen molar-refractivity contribution in [1.82, 2.24) is 4.57 Å². The summed E-state index contributed by atoms with van der Waals surface area (Å²) in [6.07, 6.45) is 8.31. The second-order valence-electron chi connectivity index (χ2n) is 9.17. The molecule has 0 amide bonds. The van der Waals surface area contributed by atoms with Gasteiger partial charge in [-0.15, -0.1) is 0 Å². The number of aromatic nitrogens is 1. The molecule has 0 aliphatic carbocycles. The molecule has 0 fully saturated rings. The molecule has 0 aliphatic rings. The van der Waals surface area contributed by atoms with E-state index in [1.54, 1.807) is 0 Å². The van der Waals surface area contributed by atoms with Gasteiger partial charge in [0, 0.05) is 5.69 Å². The maximum atomic E-state index is 2.36. The monoisotopic (exact) mass is 481 g/mol. The quantitative estimate of drug-likeness (QED) is 0.174. The Morgan fingerprint density at radius 3 is 1.38 bits per heavy atom. The average Bonchev–Trinajstić information content (AvgIpc) is 3.39. The van der Waals surface area contributed by atoms with Gasteiger partial charge in [-0.1, -0.05) is 126 Å². The molecule has 1 heteroatoms. The smallest absolute Gasteiger partial charge is 0.0535 e. The summed E-state index contributed by atoms with van der Waals surface area (Å²) in [5.74, 6) is 0. The lowest BCUT2D eigenvalue weighted by atomic mass is 10.1. The van der Waals surface area contributed by atoms with Gasteiger partial charge in [0.05, 0.1) is 11.4 Å². The van der Waals surface area contributed by atoms with Gasteiger partial charge in [-0.3, -0.25) is 0 Å². The summed E-state index contributed by atoms with van der Waals surface area (Å²) in [6.45, 7) is 8.25. The lowest BCUT2D eigenvalue weighted by molar-refractivity contribution is 1.09. The van der Waals surface area contributed by atoms with E-state index in [9.17, 15) is 0 Å². The minimum Gasteiger partial charge on any atom is -0.309 e. The zero-order valence-corrected chi connectivity index (χ0v) is 22.2. The number of rotatable bonds is 5. The fraction of sp³-hybridized carbons (Fsp3) is 0.111. The Labute approximate surface area is 222 Å². The van der Waals surface area contributed by atoms with E-state index in [0.717, 1.165) is 0 Å². The first kappa shape index (κ1) is 25.7. The molecule has 4 aromatic carbocycles. The van der Waals surface area contributed by atoms with E-state index in [4.69, 9.17) is 0 Å². The summed E-state index contributed by atoms with van der Waals surface area (Å²) in [4.78, 5) is 0. The van der Waals surface area contributed by atoms with Crippen molar-refractivity contribution in [3.8, 4) is 28.2 Å². The molecule has 0 saturated heterocycles. The molecule has 37 heavy (non-hydrogen) atoms. The third kappa shape index (κ3) is 6.65. The molecule has 0 aliphatic heterocycles. The fourth-order valence-corrected chi connectivity index (χ4v) is 4.11. The summed E-state index contributed by atoms with van der Waals surface area (Å²) in [5, 5.41) is 0. The first-order valence-corrected chi connectivity index (χ1v) is 12.9. The second kappa shape index (κ2) is 12.6. The molecule has 5 aromatic rings. The predicted octanol–water partition coefficient (Wildman–Crippen LogP) is 10.2. The van der Waals surface area contributed by atoms with Crippen molar-refractivity contribution < 1.29 is 0 Å². The topological polar surface area (TPSA) is 4.93 Å². The SMILES string of the molecule is C/C=C/C.Cc1ccc(-c2ccc(-c3ccc(/C=C/c4ccccc4)cc3)n2-c2ccc(C)cc2)cc1. The molecule has 0 atom stereocenters. The lowest BCUT2D eigenvalue weighted by Crippen LogP contribution is -1.99. The van der Waals surface area contributed by atoms with Gasteiger partial charge in [0.2, 0.25) is 0 Å². The number of benzene rings is 4. The Kier molecular flexibility index (Phi) is 8.73. The van der Waals surface area contributed by atoms with Crippen molar-refractivity contribution in [2.24, 2.45) is 0 Å². The number of nitrogens with zero attached hydrogens (tertiary/aromatic N) is 1. The van der Waals surface area contributed by atoms with Crippen LogP contribution in [-0.4, -0.2) is 4.57 Å². The standard InChI is InChI=1S/C32H27N.C4H8/c1-24-8-16-28(17-9-24)31-22-23-32(33(31)30-20-10-25(2)11-21-30)29-18-14-27(15-19-29)13-12-26-6-4-3-5-7-26;1-3-4-2/h3-23H,1-2H3;3-4H,1-2H3/b13-12+;4-3+. The van der Waals surface area contributed by atoms with Crippen LogP contribution in [0.3, 0.4) is 0 Å². The largest absolute Gasteiger partial charge is 0.309 e. The maximum Gasteiger partial charge on any atom is 0.0535 e. The van der Waals surface area contributed by atoms with Crippen LogP contribution >= 0.6 is 0 Å². The van der Waals surface area contributed by atoms with Gasteiger partial charge in [0.25, 0.3) is 0 Å². The molecule has 0 N–H and O–H groups in total. The number of hydrogen-bond donors (Lipinski definition) is 0. The Bertz CT molecular complexity index is 1440. The highest BCUT2D eigenvalue weighted by Crippen LogP contribution is 2.33. The predicted molar refractivity (Wildman–Crippen MR) is 162 cm³/mol. The van der Waals surface area contributed by atoms with E-state index in [-0.39, 0.29) is 0 Å². The van der Waals surface area contributed by atoms with E-state index >= 15 is 0 Å². The van der Waals surface area contributed by atoms with Gasteiger partial charge in [-0.2, -0.15) is 0 Å². The van der Waals surface area contributed by atoms with Crippen molar-refractivity contribution in [3.05, 3.63) is 150 Å². The third-order valence-corrected chi connectivity index (χ3v) is 6.33.